The average molecular weight is 280 g/mol. The lowest BCUT2D eigenvalue weighted by Gasteiger charge is -2.14. The maximum Gasteiger partial charge on any atom is 0.307 e. The Hall–Kier alpha value is -1.92. The van der Waals surface area contributed by atoms with Gasteiger partial charge in [0.1, 0.15) is 6.33 Å². The van der Waals surface area contributed by atoms with Crippen LogP contribution in [-0.4, -0.2) is 31.7 Å². The summed E-state index contributed by atoms with van der Waals surface area (Å²) < 4.78 is 1.56. The Balaban J connectivity index is 1.95. The van der Waals surface area contributed by atoms with Crippen molar-refractivity contribution in [3.63, 3.8) is 0 Å². The van der Waals surface area contributed by atoms with Crippen LogP contribution in [0.4, 0.5) is 0 Å². The van der Waals surface area contributed by atoms with E-state index in [1.54, 1.807) is 18.1 Å². The summed E-state index contributed by atoms with van der Waals surface area (Å²) in [5, 5.41) is 16.0. The lowest BCUT2D eigenvalue weighted by atomic mass is 9.95. The highest BCUT2D eigenvalue weighted by Crippen LogP contribution is 2.38. The van der Waals surface area contributed by atoms with Crippen LogP contribution in [0.3, 0.4) is 0 Å². The Bertz CT molecular complexity index is 500. The molecule has 2 rings (SSSR count). The molecular weight excluding hydrogens is 260 g/mol. The highest BCUT2D eigenvalue weighted by atomic mass is 16.4. The number of amides is 1. The predicted molar refractivity (Wildman–Crippen MR) is 70.5 cm³/mol. The SMILES string of the molecule is CCC1C[C@H](C(=O)NCc2ncn(C)n2)[C@H](C(=O)O)C1. The van der Waals surface area contributed by atoms with Gasteiger partial charge in [0.15, 0.2) is 5.82 Å². The first-order chi connectivity index (χ1) is 9.51. The minimum absolute atomic E-state index is 0.208. The molecular formula is C13H20N4O3. The molecule has 0 spiro atoms. The van der Waals surface area contributed by atoms with Crippen molar-refractivity contribution in [3.8, 4) is 0 Å². The molecule has 3 atom stereocenters. The van der Waals surface area contributed by atoms with E-state index in [9.17, 15) is 14.7 Å². The number of carboxylic acids is 1. The van der Waals surface area contributed by atoms with Crippen LogP contribution >= 0.6 is 0 Å². The third-order valence-corrected chi connectivity index (χ3v) is 3.96. The molecule has 20 heavy (non-hydrogen) atoms. The Kier molecular flexibility index (Phi) is 4.36. The van der Waals surface area contributed by atoms with Gasteiger partial charge in [-0.2, -0.15) is 5.10 Å². The second kappa shape index (κ2) is 6.02. The molecule has 0 saturated heterocycles. The number of aromatic nitrogens is 3. The molecule has 0 aliphatic heterocycles. The van der Waals surface area contributed by atoms with Crippen molar-refractivity contribution >= 4 is 11.9 Å². The zero-order chi connectivity index (χ0) is 14.7. The van der Waals surface area contributed by atoms with E-state index in [1.165, 1.54) is 0 Å². The summed E-state index contributed by atoms with van der Waals surface area (Å²) in [7, 11) is 1.75. The van der Waals surface area contributed by atoms with Crippen LogP contribution in [0.2, 0.25) is 0 Å². The van der Waals surface area contributed by atoms with Crippen molar-refractivity contribution in [3.05, 3.63) is 12.2 Å². The first-order valence-corrected chi connectivity index (χ1v) is 6.86. The van der Waals surface area contributed by atoms with Crippen LogP contribution in [-0.2, 0) is 23.2 Å². The zero-order valence-corrected chi connectivity index (χ0v) is 11.7. The number of carbonyl (C=O) groups is 2. The molecule has 1 unspecified atom stereocenters. The Morgan fingerprint density at radius 2 is 2.15 bits per heavy atom. The number of hydrogen-bond acceptors (Lipinski definition) is 4. The molecule has 7 nitrogen and oxygen atoms in total. The van der Waals surface area contributed by atoms with Gasteiger partial charge in [-0.25, -0.2) is 4.98 Å². The Labute approximate surface area is 117 Å². The van der Waals surface area contributed by atoms with Gasteiger partial charge in [-0.3, -0.25) is 14.3 Å². The second-order valence-electron chi connectivity index (χ2n) is 5.35. The number of carboxylic acid groups (broad SMARTS) is 1. The van der Waals surface area contributed by atoms with Crippen LogP contribution in [0.15, 0.2) is 6.33 Å². The predicted octanol–water partition coefficient (Wildman–Crippen LogP) is 0.568. The Morgan fingerprint density at radius 1 is 1.45 bits per heavy atom. The third kappa shape index (κ3) is 3.15. The van der Waals surface area contributed by atoms with Crippen molar-refractivity contribution in [1.29, 1.82) is 0 Å². The molecule has 1 aromatic rings. The van der Waals surface area contributed by atoms with Crippen molar-refractivity contribution in [2.75, 3.05) is 0 Å². The van der Waals surface area contributed by atoms with E-state index >= 15 is 0 Å². The van der Waals surface area contributed by atoms with E-state index in [0.717, 1.165) is 6.42 Å². The van der Waals surface area contributed by atoms with E-state index < -0.39 is 17.8 Å². The highest BCUT2D eigenvalue weighted by molar-refractivity contribution is 5.85. The first-order valence-electron chi connectivity index (χ1n) is 6.86. The fraction of sp³-hybridized carbons (Fsp3) is 0.692. The summed E-state index contributed by atoms with van der Waals surface area (Å²) in [5.74, 6) is -1.26. The zero-order valence-electron chi connectivity index (χ0n) is 11.7. The first kappa shape index (κ1) is 14.5. The number of rotatable bonds is 5. The van der Waals surface area contributed by atoms with E-state index in [2.05, 4.69) is 15.4 Å². The fourth-order valence-electron chi connectivity index (χ4n) is 2.80. The van der Waals surface area contributed by atoms with Crippen molar-refractivity contribution < 1.29 is 14.7 Å². The van der Waals surface area contributed by atoms with Gasteiger partial charge in [0, 0.05) is 7.05 Å². The maximum absolute atomic E-state index is 12.2. The molecule has 0 bridgehead atoms. The maximum atomic E-state index is 12.2. The van der Waals surface area contributed by atoms with Gasteiger partial charge in [0.05, 0.1) is 18.4 Å². The van der Waals surface area contributed by atoms with E-state index in [0.29, 0.717) is 24.6 Å². The molecule has 1 aliphatic rings. The monoisotopic (exact) mass is 280 g/mol. The number of aryl methyl sites for hydroxylation is 1. The number of nitrogens with one attached hydrogen (secondary N) is 1. The quantitative estimate of drug-likeness (QED) is 0.821. The fourth-order valence-corrected chi connectivity index (χ4v) is 2.80. The lowest BCUT2D eigenvalue weighted by molar-refractivity contribution is -0.146. The van der Waals surface area contributed by atoms with E-state index in [4.69, 9.17) is 0 Å². The number of carbonyl (C=O) groups excluding carboxylic acids is 1. The van der Waals surface area contributed by atoms with Gasteiger partial charge in [-0.1, -0.05) is 13.3 Å². The van der Waals surface area contributed by atoms with E-state index in [-0.39, 0.29) is 12.5 Å². The summed E-state index contributed by atoms with van der Waals surface area (Å²) in [5.41, 5.74) is 0. The largest absolute Gasteiger partial charge is 0.481 e. The van der Waals surface area contributed by atoms with Gasteiger partial charge >= 0.3 is 5.97 Å². The summed E-state index contributed by atoms with van der Waals surface area (Å²) in [6.45, 7) is 2.26. The second-order valence-corrected chi connectivity index (χ2v) is 5.35. The highest BCUT2D eigenvalue weighted by Gasteiger charge is 2.41. The number of nitrogens with zero attached hydrogens (tertiary/aromatic N) is 3. The molecule has 1 aliphatic carbocycles. The van der Waals surface area contributed by atoms with Gasteiger partial charge in [-0.05, 0) is 18.8 Å². The summed E-state index contributed by atoms with van der Waals surface area (Å²) >= 11 is 0. The molecule has 1 amide bonds. The van der Waals surface area contributed by atoms with Crippen molar-refractivity contribution in [2.24, 2.45) is 24.8 Å². The molecule has 1 fully saturated rings. The smallest absolute Gasteiger partial charge is 0.307 e. The summed E-state index contributed by atoms with van der Waals surface area (Å²) in [4.78, 5) is 27.4. The summed E-state index contributed by atoms with van der Waals surface area (Å²) in [6.07, 6.45) is 3.71. The van der Waals surface area contributed by atoms with Gasteiger partial charge < -0.3 is 10.4 Å². The minimum Gasteiger partial charge on any atom is -0.481 e. The van der Waals surface area contributed by atoms with E-state index in [1.807, 2.05) is 6.92 Å². The van der Waals surface area contributed by atoms with Crippen LogP contribution in [0, 0.1) is 17.8 Å². The molecule has 7 heteroatoms. The standard InChI is InChI=1S/C13H20N4O3/c1-3-8-4-9(10(5-8)13(19)20)12(18)14-6-11-15-7-17(2)16-11/h7-10H,3-6H2,1-2H3,(H,14,18)(H,19,20)/t8?,9-,10+/m0/s1. The topological polar surface area (TPSA) is 97.1 Å². The summed E-state index contributed by atoms with van der Waals surface area (Å²) in [6, 6.07) is 0. The normalized spacial score (nSPS) is 25.6. The van der Waals surface area contributed by atoms with Gasteiger partial charge in [-0.15, -0.1) is 0 Å². The van der Waals surface area contributed by atoms with Crippen molar-refractivity contribution in [1.82, 2.24) is 20.1 Å². The van der Waals surface area contributed by atoms with Crippen LogP contribution in [0.5, 0.6) is 0 Å². The number of aliphatic carboxylic acids is 1. The average Bonchev–Trinajstić information content (AvgIpc) is 3.02. The van der Waals surface area contributed by atoms with Crippen LogP contribution < -0.4 is 5.32 Å². The molecule has 1 saturated carbocycles. The minimum atomic E-state index is -0.878. The molecule has 2 N–H and O–H groups in total. The van der Waals surface area contributed by atoms with Crippen LogP contribution in [0.25, 0.3) is 0 Å². The molecule has 1 heterocycles. The van der Waals surface area contributed by atoms with Crippen molar-refractivity contribution in [2.45, 2.75) is 32.7 Å². The third-order valence-electron chi connectivity index (χ3n) is 3.96. The lowest BCUT2D eigenvalue weighted by Crippen LogP contribution is -2.35. The molecule has 110 valence electrons. The molecule has 0 radical (unpaired) electrons. The molecule has 0 aromatic carbocycles. The van der Waals surface area contributed by atoms with Gasteiger partial charge in [0.25, 0.3) is 0 Å². The van der Waals surface area contributed by atoms with Crippen LogP contribution in [0.1, 0.15) is 32.0 Å². The molecule has 1 aromatic heterocycles. The number of hydrogen-bond donors (Lipinski definition) is 2. The Morgan fingerprint density at radius 3 is 2.70 bits per heavy atom. The van der Waals surface area contributed by atoms with Gasteiger partial charge in [0.2, 0.25) is 5.91 Å².